The molecule has 1 fully saturated rings. The fraction of sp³-hybridized carbons (Fsp3) is 0.667. The lowest BCUT2D eigenvalue weighted by atomic mass is 9.85. The molecule has 0 spiro atoms. The van der Waals surface area contributed by atoms with Crippen LogP contribution in [-0.2, 0) is 0 Å². The van der Waals surface area contributed by atoms with E-state index in [1.54, 1.807) is 7.11 Å². The number of likely N-dealkylation sites (tertiary alicyclic amines) is 1. The van der Waals surface area contributed by atoms with Crippen molar-refractivity contribution in [3.63, 3.8) is 0 Å². The van der Waals surface area contributed by atoms with Crippen molar-refractivity contribution in [3.05, 3.63) is 29.8 Å². The lowest BCUT2D eigenvalue weighted by Gasteiger charge is -2.35. The Labute approximate surface area is 129 Å². The molecule has 3 nitrogen and oxygen atoms in total. The number of hydrogen-bond donors (Lipinski definition) is 1. The molecule has 0 radical (unpaired) electrons. The molecule has 1 aromatic rings. The summed E-state index contributed by atoms with van der Waals surface area (Å²) in [5, 5.41) is 0. The van der Waals surface area contributed by atoms with Gasteiger partial charge in [0.1, 0.15) is 5.75 Å². The van der Waals surface area contributed by atoms with E-state index in [0.29, 0.717) is 5.41 Å². The van der Waals surface area contributed by atoms with E-state index >= 15 is 0 Å². The van der Waals surface area contributed by atoms with Gasteiger partial charge in [-0.25, -0.2) is 0 Å². The van der Waals surface area contributed by atoms with Gasteiger partial charge in [0, 0.05) is 11.6 Å². The Morgan fingerprint density at radius 2 is 1.90 bits per heavy atom. The Morgan fingerprint density at radius 1 is 1.19 bits per heavy atom. The predicted octanol–water partition coefficient (Wildman–Crippen LogP) is 3.60. The number of nitrogens with two attached hydrogens (primary N) is 1. The summed E-state index contributed by atoms with van der Waals surface area (Å²) in [6.07, 6.45) is 3.76. The average molecular weight is 290 g/mol. The Bertz CT molecular complexity index is 456. The van der Waals surface area contributed by atoms with Crippen LogP contribution in [0.15, 0.2) is 24.3 Å². The first-order valence-electron chi connectivity index (χ1n) is 8.07. The lowest BCUT2D eigenvalue weighted by Crippen LogP contribution is -2.40. The maximum absolute atomic E-state index is 6.34. The smallest absolute Gasteiger partial charge is 0.123 e. The molecule has 21 heavy (non-hydrogen) atoms. The van der Waals surface area contributed by atoms with Crippen LogP contribution in [0.3, 0.4) is 0 Å². The fourth-order valence-corrected chi connectivity index (χ4v) is 3.45. The third-order valence-electron chi connectivity index (χ3n) is 4.72. The quantitative estimate of drug-likeness (QED) is 0.921. The fourth-order valence-electron chi connectivity index (χ4n) is 3.45. The summed E-state index contributed by atoms with van der Waals surface area (Å²) in [5.74, 6) is 0.948. The van der Waals surface area contributed by atoms with Crippen LogP contribution in [0.5, 0.6) is 5.75 Å². The van der Waals surface area contributed by atoms with Gasteiger partial charge in [0.15, 0.2) is 0 Å². The normalized spacial score (nSPS) is 22.3. The molecule has 1 heterocycles. The van der Waals surface area contributed by atoms with Crippen LogP contribution >= 0.6 is 0 Å². The number of hydrogen-bond acceptors (Lipinski definition) is 3. The van der Waals surface area contributed by atoms with Crippen molar-refractivity contribution >= 4 is 0 Å². The minimum atomic E-state index is 0.0857. The number of benzene rings is 1. The van der Waals surface area contributed by atoms with Crippen LogP contribution in [0.1, 0.15) is 51.6 Å². The standard InChI is InChI=1S/C18H30N2O/c1-14(19)17(15-8-5-6-9-16(15)21-4)20-12-7-10-18(2,3)11-13-20/h5-6,8-9,14,17H,7,10-13,19H2,1-4H3. The molecule has 0 amide bonds. The van der Waals surface area contributed by atoms with Crippen molar-refractivity contribution in [1.29, 1.82) is 0 Å². The van der Waals surface area contributed by atoms with Crippen LogP contribution in [0.25, 0.3) is 0 Å². The van der Waals surface area contributed by atoms with Gasteiger partial charge in [-0.05, 0) is 50.8 Å². The van der Waals surface area contributed by atoms with Gasteiger partial charge >= 0.3 is 0 Å². The van der Waals surface area contributed by atoms with Crippen LogP contribution in [-0.4, -0.2) is 31.1 Å². The van der Waals surface area contributed by atoms with Gasteiger partial charge < -0.3 is 10.5 Å². The molecule has 0 aromatic heterocycles. The van der Waals surface area contributed by atoms with Gasteiger partial charge in [-0.15, -0.1) is 0 Å². The summed E-state index contributed by atoms with van der Waals surface area (Å²) < 4.78 is 5.56. The van der Waals surface area contributed by atoms with Crippen LogP contribution in [0, 0.1) is 5.41 Å². The molecule has 2 rings (SSSR count). The minimum absolute atomic E-state index is 0.0857. The summed E-state index contributed by atoms with van der Waals surface area (Å²) >= 11 is 0. The predicted molar refractivity (Wildman–Crippen MR) is 88.6 cm³/mol. The maximum Gasteiger partial charge on any atom is 0.123 e. The van der Waals surface area contributed by atoms with Crippen molar-refractivity contribution in [2.75, 3.05) is 20.2 Å². The molecule has 3 heteroatoms. The Morgan fingerprint density at radius 3 is 2.57 bits per heavy atom. The summed E-state index contributed by atoms with van der Waals surface area (Å²) in [6, 6.07) is 8.61. The van der Waals surface area contributed by atoms with E-state index < -0.39 is 0 Å². The molecule has 0 aliphatic carbocycles. The molecule has 2 unspecified atom stereocenters. The molecular weight excluding hydrogens is 260 g/mol. The lowest BCUT2D eigenvalue weighted by molar-refractivity contribution is 0.172. The third kappa shape index (κ3) is 3.98. The topological polar surface area (TPSA) is 38.5 Å². The van der Waals surface area contributed by atoms with E-state index in [1.165, 1.54) is 24.8 Å². The van der Waals surface area contributed by atoms with E-state index in [0.717, 1.165) is 18.8 Å². The summed E-state index contributed by atoms with van der Waals surface area (Å²) in [5.41, 5.74) is 8.00. The van der Waals surface area contributed by atoms with Gasteiger partial charge in [-0.3, -0.25) is 4.90 Å². The summed E-state index contributed by atoms with van der Waals surface area (Å²) in [7, 11) is 1.74. The molecule has 118 valence electrons. The Balaban J connectivity index is 2.27. The SMILES string of the molecule is COc1ccccc1C(C(C)N)N1CCCC(C)(C)CC1. The Kier molecular flexibility index (Phi) is 5.28. The van der Waals surface area contributed by atoms with Crippen molar-refractivity contribution in [2.24, 2.45) is 11.1 Å². The zero-order chi connectivity index (χ0) is 15.5. The molecule has 1 saturated heterocycles. The molecule has 1 aliphatic rings. The van der Waals surface area contributed by atoms with Crippen LogP contribution in [0.2, 0.25) is 0 Å². The molecular formula is C18H30N2O. The van der Waals surface area contributed by atoms with Crippen molar-refractivity contribution in [3.8, 4) is 5.75 Å². The second-order valence-electron chi connectivity index (χ2n) is 7.10. The van der Waals surface area contributed by atoms with Crippen LogP contribution < -0.4 is 10.5 Å². The van der Waals surface area contributed by atoms with E-state index in [9.17, 15) is 0 Å². The highest BCUT2D eigenvalue weighted by Gasteiger charge is 2.30. The number of ether oxygens (including phenoxy) is 1. The number of nitrogens with zero attached hydrogens (tertiary/aromatic N) is 1. The first-order chi connectivity index (χ1) is 9.94. The van der Waals surface area contributed by atoms with Crippen LogP contribution in [0.4, 0.5) is 0 Å². The van der Waals surface area contributed by atoms with E-state index in [4.69, 9.17) is 10.5 Å². The maximum atomic E-state index is 6.34. The zero-order valence-electron chi connectivity index (χ0n) is 13.9. The number of rotatable bonds is 4. The zero-order valence-corrected chi connectivity index (χ0v) is 13.9. The number of para-hydroxylation sites is 1. The molecule has 0 bridgehead atoms. The van der Waals surface area contributed by atoms with Crippen molar-refractivity contribution in [2.45, 2.75) is 52.1 Å². The highest BCUT2D eigenvalue weighted by Crippen LogP contribution is 2.36. The first kappa shape index (κ1) is 16.3. The highest BCUT2D eigenvalue weighted by atomic mass is 16.5. The minimum Gasteiger partial charge on any atom is -0.496 e. The first-order valence-corrected chi connectivity index (χ1v) is 8.07. The van der Waals surface area contributed by atoms with Crippen molar-refractivity contribution < 1.29 is 4.74 Å². The van der Waals surface area contributed by atoms with Gasteiger partial charge in [-0.1, -0.05) is 32.0 Å². The molecule has 0 saturated carbocycles. The van der Waals surface area contributed by atoms with Gasteiger partial charge in [-0.2, -0.15) is 0 Å². The highest BCUT2D eigenvalue weighted by molar-refractivity contribution is 5.36. The molecule has 2 N–H and O–H groups in total. The monoisotopic (exact) mass is 290 g/mol. The summed E-state index contributed by atoms with van der Waals surface area (Å²) in [6.45, 7) is 9.08. The van der Waals surface area contributed by atoms with Crippen molar-refractivity contribution in [1.82, 2.24) is 4.90 Å². The third-order valence-corrected chi connectivity index (χ3v) is 4.72. The average Bonchev–Trinajstić information content (AvgIpc) is 2.61. The molecule has 1 aliphatic heterocycles. The van der Waals surface area contributed by atoms with E-state index in [-0.39, 0.29) is 12.1 Å². The largest absolute Gasteiger partial charge is 0.496 e. The molecule has 1 aromatic carbocycles. The van der Waals surface area contributed by atoms with E-state index in [2.05, 4.69) is 37.8 Å². The van der Waals surface area contributed by atoms with Gasteiger partial charge in [0.05, 0.1) is 13.2 Å². The van der Waals surface area contributed by atoms with Gasteiger partial charge in [0.2, 0.25) is 0 Å². The van der Waals surface area contributed by atoms with Gasteiger partial charge in [0.25, 0.3) is 0 Å². The molecule has 2 atom stereocenters. The Hall–Kier alpha value is -1.06. The second kappa shape index (κ2) is 6.80. The summed E-state index contributed by atoms with van der Waals surface area (Å²) in [4.78, 5) is 2.55. The van der Waals surface area contributed by atoms with E-state index in [1.807, 2.05) is 12.1 Å². The second-order valence-corrected chi connectivity index (χ2v) is 7.10. The number of methoxy groups -OCH3 is 1.